The highest BCUT2D eigenvalue weighted by Gasteiger charge is 2.08. The first-order valence-corrected chi connectivity index (χ1v) is 6.45. The number of anilines is 2. The number of aryl methyl sites for hydroxylation is 1. The maximum atomic E-state index is 13.3. The molecule has 0 bridgehead atoms. The van der Waals surface area contributed by atoms with Crippen LogP contribution in [-0.4, -0.2) is 6.54 Å². The summed E-state index contributed by atoms with van der Waals surface area (Å²) in [5.74, 6) is -0.186. The number of halogens is 1. The van der Waals surface area contributed by atoms with Gasteiger partial charge in [-0.1, -0.05) is 6.07 Å². The Labute approximate surface area is 113 Å². The molecule has 2 aromatic carbocycles. The molecule has 0 aliphatic carbocycles. The van der Waals surface area contributed by atoms with E-state index in [0.717, 1.165) is 29.0 Å². The fourth-order valence-corrected chi connectivity index (χ4v) is 2.09. The van der Waals surface area contributed by atoms with Gasteiger partial charge in [0.2, 0.25) is 0 Å². The fraction of sp³-hybridized carbons (Fsp3) is 0.250. The number of nitrogens with zero attached hydrogens (tertiary/aromatic N) is 1. The lowest BCUT2D eigenvalue weighted by Crippen LogP contribution is -2.22. The van der Waals surface area contributed by atoms with Gasteiger partial charge in [-0.3, -0.25) is 0 Å². The molecule has 0 atom stereocenters. The number of hydrogen-bond acceptors (Lipinski definition) is 2. The molecule has 2 nitrogen and oxygen atoms in total. The predicted molar refractivity (Wildman–Crippen MR) is 78.7 cm³/mol. The largest absolute Gasteiger partial charge is 0.399 e. The van der Waals surface area contributed by atoms with Gasteiger partial charge in [-0.25, -0.2) is 4.39 Å². The molecule has 0 radical (unpaired) electrons. The Morgan fingerprint density at radius 3 is 2.42 bits per heavy atom. The van der Waals surface area contributed by atoms with Crippen molar-refractivity contribution >= 4 is 11.4 Å². The summed E-state index contributed by atoms with van der Waals surface area (Å²) in [7, 11) is 0. The monoisotopic (exact) mass is 258 g/mol. The minimum atomic E-state index is -0.186. The van der Waals surface area contributed by atoms with E-state index in [2.05, 4.69) is 11.8 Å². The van der Waals surface area contributed by atoms with Crippen LogP contribution in [0, 0.1) is 12.7 Å². The summed E-state index contributed by atoms with van der Waals surface area (Å²) in [6, 6.07) is 12.7. The van der Waals surface area contributed by atoms with Gasteiger partial charge in [-0.2, -0.15) is 0 Å². The molecule has 2 N–H and O–H groups in total. The molecule has 0 aliphatic rings. The highest BCUT2D eigenvalue weighted by molar-refractivity contribution is 5.53. The zero-order valence-electron chi connectivity index (χ0n) is 11.4. The van der Waals surface area contributed by atoms with Crippen LogP contribution in [0.2, 0.25) is 0 Å². The maximum Gasteiger partial charge on any atom is 0.123 e. The minimum absolute atomic E-state index is 0.186. The quantitative estimate of drug-likeness (QED) is 0.846. The first-order valence-electron chi connectivity index (χ1n) is 6.45. The smallest absolute Gasteiger partial charge is 0.123 e. The van der Waals surface area contributed by atoms with E-state index in [9.17, 15) is 4.39 Å². The van der Waals surface area contributed by atoms with E-state index in [1.807, 2.05) is 37.3 Å². The van der Waals surface area contributed by atoms with Gasteiger partial charge < -0.3 is 10.6 Å². The molecule has 0 spiro atoms. The molecule has 0 aromatic heterocycles. The summed E-state index contributed by atoms with van der Waals surface area (Å²) in [4.78, 5) is 2.20. The van der Waals surface area contributed by atoms with Crippen molar-refractivity contribution in [1.82, 2.24) is 0 Å². The van der Waals surface area contributed by atoms with Crippen LogP contribution in [-0.2, 0) is 6.54 Å². The third kappa shape index (κ3) is 3.25. The van der Waals surface area contributed by atoms with Crippen LogP contribution in [0.3, 0.4) is 0 Å². The Morgan fingerprint density at radius 1 is 1.11 bits per heavy atom. The van der Waals surface area contributed by atoms with E-state index in [1.165, 1.54) is 6.07 Å². The van der Waals surface area contributed by atoms with Crippen molar-refractivity contribution in [2.24, 2.45) is 0 Å². The Balaban J connectivity index is 2.23. The molecule has 0 unspecified atom stereocenters. The molecule has 19 heavy (non-hydrogen) atoms. The summed E-state index contributed by atoms with van der Waals surface area (Å²) in [6.07, 6.45) is 0. The topological polar surface area (TPSA) is 29.3 Å². The molecule has 0 saturated heterocycles. The van der Waals surface area contributed by atoms with E-state index >= 15 is 0 Å². The Kier molecular flexibility index (Phi) is 4.05. The van der Waals surface area contributed by atoms with Gasteiger partial charge in [0.15, 0.2) is 0 Å². The van der Waals surface area contributed by atoms with Crippen molar-refractivity contribution in [3.8, 4) is 0 Å². The number of nitrogen functional groups attached to an aromatic ring is 1. The van der Waals surface area contributed by atoms with Crippen LogP contribution in [0.15, 0.2) is 42.5 Å². The third-order valence-electron chi connectivity index (χ3n) is 3.31. The maximum absolute atomic E-state index is 13.3. The van der Waals surface area contributed by atoms with E-state index < -0.39 is 0 Å². The number of hydrogen-bond donors (Lipinski definition) is 1. The summed E-state index contributed by atoms with van der Waals surface area (Å²) in [5, 5.41) is 0. The highest BCUT2D eigenvalue weighted by Crippen LogP contribution is 2.20. The number of benzene rings is 2. The van der Waals surface area contributed by atoms with Crippen LogP contribution in [0.5, 0.6) is 0 Å². The van der Waals surface area contributed by atoms with Crippen molar-refractivity contribution in [1.29, 1.82) is 0 Å². The third-order valence-corrected chi connectivity index (χ3v) is 3.31. The van der Waals surface area contributed by atoms with Gasteiger partial charge in [0.1, 0.15) is 5.82 Å². The minimum Gasteiger partial charge on any atom is -0.399 e. The molecular weight excluding hydrogens is 239 g/mol. The summed E-state index contributed by atoms with van der Waals surface area (Å²) in [6.45, 7) is 5.65. The molecule has 0 saturated carbocycles. The fourth-order valence-electron chi connectivity index (χ4n) is 2.09. The number of nitrogens with two attached hydrogens (primary N) is 1. The molecular formula is C16H19FN2. The van der Waals surface area contributed by atoms with Crippen LogP contribution in [0.4, 0.5) is 15.8 Å². The van der Waals surface area contributed by atoms with Crippen molar-refractivity contribution in [3.63, 3.8) is 0 Å². The molecule has 3 heteroatoms. The zero-order chi connectivity index (χ0) is 13.8. The Bertz CT molecular complexity index is 549. The number of rotatable bonds is 4. The van der Waals surface area contributed by atoms with Crippen molar-refractivity contribution in [2.45, 2.75) is 20.4 Å². The lowest BCUT2D eigenvalue weighted by molar-refractivity contribution is 0.624. The lowest BCUT2D eigenvalue weighted by Gasteiger charge is -2.24. The second-order valence-electron chi connectivity index (χ2n) is 4.68. The lowest BCUT2D eigenvalue weighted by atomic mass is 10.1. The molecule has 0 aliphatic heterocycles. The van der Waals surface area contributed by atoms with Gasteiger partial charge >= 0.3 is 0 Å². The van der Waals surface area contributed by atoms with E-state index in [4.69, 9.17) is 5.73 Å². The average molecular weight is 258 g/mol. The van der Waals surface area contributed by atoms with Gasteiger partial charge in [0, 0.05) is 24.5 Å². The molecule has 2 aromatic rings. The standard InChI is InChI=1S/C16H19FN2/c1-3-19(16-8-6-15(18)7-9-16)11-13-10-14(17)5-4-12(13)2/h4-10H,3,11,18H2,1-2H3. The van der Waals surface area contributed by atoms with Gasteiger partial charge in [0.05, 0.1) is 0 Å². The van der Waals surface area contributed by atoms with E-state index in [1.54, 1.807) is 6.07 Å². The average Bonchev–Trinajstić information content (AvgIpc) is 2.41. The van der Waals surface area contributed by atoms with Gasteiger partial charge in [0.25, 0.3) is 0 Å². The zero-order valence-corrected chi connectivity index (χ0v) is 11.4. The molecule has 0 amide bonds. The summed E-state index contributed by atoms with van der Waals surface area (Å²) in [5.41, 5.74) is 9.67. The molecule has 100 valence electrons. The van der Waals surface area contributed by atoms with Crippen LogP contribution in [0.25, 0.3) is 0 Å². The molecule has 0 heterocycles. The second kappa shape index (κ2) is 5.74. The summed E-state index contributed by atoms with van der Waals surface area (Å²) >= 11 is 0. The predicted octanol–water partition coefficient (Wildman–Crippen LogP) is 3.74. The van der Waals surface area contributed by atoms with E-state index in [0.29, 0.717) is 6.54 Å². The van der Waals surface area contributed by atoms with Gasteiger partial charge in [-0.05, 0) is 61.4 Å². The highest BCUT2D eigenvalue weighted by atomic mass is 19.1. The van der Waals surface area contributed by atoms with Crippen molar-refractivity contribution < 1.29 is 4.39 Å². The Morgan fingerprint density at radius 2 is 1.79 bits per heavy atom. The van der Waals surface area contributed by atoms with Crippen LogP contribution >= 0.6 is 0 Å². The SMILES string of the molecule is CCN(Cc1cc(F)ccc1C)c1ccc(N)cc1. The first kappa shape index (κ1) is 13.4. The summed E-state index contributed by atoms with van der Waals surface area (Å²) < 4.78 is 13.3. The second-order valence-corrected chi connectivity index (χ2v) is 4.68. The van der Waals surface area contributed by atoms with Crippen LogP contribution in [0.1, 0.15) is 18.1 Å². The van der Waals surface area contributed by atoms with Crippen LogP contribution < -0.4 is 10.6 Å². The van der Waals surface area contributed by atoms with Crippen molar-refractivity contribution in [3.05, 3.63) is 59.4 Å². The molecule has 0 fully saturated rings. The normalized spacial score (nSPS) is 10.5. The van der Waals surface area contributed by atoms with E-state index in [-0.39, 0.29) is 5.82 Å². The first-order chi connectivity index (χ1) is 9.10. The van der Waals surface area contributed by atoms with Crippen molar-refractivity contribution in [2.75, 3.05) is 17.2 Å². The Hall–Kier alpha value is -2.03. The molecule has 2 rings (SSSR count). The van der Waals surface area contributed by atoms with Gasteiger partial charge in [-0.15, -0.1) is 0 Å².